The molecule has 1 unspecified atom stereocenters. The lowest BCUT2D eigenvalue weighted by Gasteiger charge is -2.23. The monoisotopic (exact) mass is 267 g/mol. The molecule has 0 aromatic heterocycles. The van der Waals surface area contributed by atoms with Crippen LogP contribution in [0.3, 0.4) is 0 Å². The molecule has 1 nitrogen and oxygen atoms in total. The van der Waals surface area contributed by atoms with Gasteiger partial charge in [-0.15, -0.1) is 0 Å². The van der Waals surface area contributed by atoms with Gasteiger partial charge in [0.15, 0.2) is 0 Å². The minimum absolute atomic E-state index is 0.371. The predicted molar refractivity (Wildman–Crippen MR) is 87.3 cm³/mol. The smallest absolute Gasteiger partial charge is 0.0363 e. The van der Waals surface area contributed by atoms with E-state index in [0.29, 0.717) is 6.04 Å². The molecule has 0 aliphatic rings. The number of hydrogen-bond acceptors (Lipinski definition) is 1. The SMILES string of the molecule is CNC(Cc1c(C)cccc1C)c1c(C)cccc1C. The molecule has 2 rings (SSSR count). The number of benzene rings is 2. The molecule has 0 radical (unpaired) electrons. The molecule has 20 heavy (non-hydrogen) atoms. The molecule has 0 spiro atoms. The van der Waals surface area contributed by atoms with Gasteiger partial charge in [-0.1, -0.05) is 36.4 Å². The summed E-state index contributed by atoms with van der Waals surface area (Å²) in [5.41, 5.74) is 8.42. The predicted octanol–water partition coefficient (Wildman–Crippen LogP) is 4.42. The zero-order valence-corrected chi connectivity index (χ0v) is 13.2. The Kier molecular flexibility index (Phi) is 4.61. The van der Waals surface area contributed by atoms with E-state index in [1.54, 1.807) is 0 Å². The van der Waals surface area contributed by atoms with Gasteiger partial charge >= 0.3 is 0 Å². The van der Waals surface area contributed by atoms with Crippen LogP contribution in [-0.4, -0.2) is 7.05 Å². The lowest BCUT2D eigenvalue weighted by atomic mass is 9.89. The van der Waals surface area contributed by atoms with Gasteiger partial charge in [0.1, 0.15) is 0 Å². The average molecular weight is 267 g/mol. The van der Waals surface area contributed by atoms with E-state index in [4.69, 9.17) is 0 Å². The van der Waals surface area contributed by atoms with Crippen molar-refractivity contribution in [3.05, 3.63) is 69.8 Å². The molecular weight excluding hydrogens is 242 g/mol. The quantitative estimate of drug-likeness (QED) is 0.864. The van der Waals surface area contributed by atoms with E-state index < -0.39 is 0 Å². The van der Waals surface area contributed by atoms with Crippen LogP contribution in [0.1, 0.15) is 39.4 Å². The van der Waals surface area contributed by atoms with Crippen LogP contribution in [0.15, 0.2) is 36.4 Å². The fraction of sp³-hybridized carbons (Fsp3) is 0.368. The van der Waals surface area contributed by atoms with Crippen LogP contribution in [-0.2, 0) is 6.42 Å². The fourth-order valence-electron chi connectivity index (χ4n) is 3.10. The molecule has 2 aromatic rings. The van der Waals surface area contributed by atoms with Crippen molar-refractivity contribution in [2.45, 2.75) is 40.2 Å². The molecule has 1 atom stereocenters. The van der Waals surface area contributed by atoms with E-state index in [9.17, 15) is 0 Å². The summed E-state index contributed by atoms with van der Waals surface area (Å²) in [6.07, 6.45) is 1.04. The van der Waals surface area contributed by atoms with Gasteiger partial charge in [0.25, 0.3) is 0 Å². The van der Waals surface area contributed by atoms with Gasteiger partial charge in [0.05, 0.1) is 0 Å². The van der Waals surface area contributed by atoms with E-state index in [2.05, 4.69) is 76.5 Å². The number of hydrogen-bond donors (Lipinski definition) is 1. The normalized spacial score (nSPS) is 12.4. The number of likely N-dealkylation sites (N-methyl/N-ethyl adjacent to an activating group) is 1. The standard InChI is InChI=1S/C19H25N/c1-13-8-6-9-14(2)17(13)12-18(20-5)19-15(3)10-7-11-16(19)4/h6-11,18,20H,12H2,1-5H3. The average Bonchev–Trinajstić information content (AvgIpc) is 2.40. The highest BCUT2D eigenvalue weighted by Gasteiger charge is 2.16. The van der Waals surface area contributed by atoms with Crippen LogP contribution in [0, 0.1) is 27.7 Å². The summed E-state index contributed by atoms with van der Waals surface area (Å²) in [4.78, 5) is 0. The molecule has 0 aliphatic carbocycles. The summed E-state index contributed by atoms with van der Waals surface area (Å²) in [7, 11) is 2.06. The van der Waals surface area contributed by atoms with E-state index in [1.165, 1.54) is 33.4 Å². The first-order chi connectivity index (χ1) is 9.54. The summed E-state index contributed by atoms with van der Waals surface area (Å²) in [5.74, 6) is 0. The van der Waals surface area contributed by atoms with E-state index in [0.717, 1.165) is 6.42 Å². The Morgan fingerprint density at radius 2 is 1.25 bits per heavy atom. The second kappa shape index (κ2) is 6.23. The number of aryl methyl sites for hydroxylation is 4. The Balaban J connectivity index is 2.39. The third-order valence-corrected chi connectivity index (χ3v) is 4.29. The van der Waals surface area contributed by atoms with Gasteiger partial charge in [-0.25, -0.2) is 0 Å². The molecule has 0 saturated carbocycles. The van der Waals surface area contributed by atoms with Gasteiger partial charge < -0.3 is 5.32 Å². The first-order valence-corrected chi connectivity index (χ1v) is 7.33. The highest BCUT2D eigenvalue weighted by Crippen LogP contribution is 2.27. The summed E-state index contributed by atoms with van der Waals surface area (Å²) in [6, 6.07) is 13.5. The highest BCUT2D eigenvalue weighted by atomic mass is 14.9. The molecule has 106 valence electrons. The Morgan fingerprint density at radius 1 is 0.800 bits per heavy atom. The third-order valence-electron chi connectivity index (χ3n) is 4.29. The van der Waals surface area contributed by atoms with Gasteiger partial charge in [0, 0.05) is 6.04 Å². The molecule has 0 bridgehead atoms. The van der Waals surface area contributed by atoms with Crippen LogP contribution >= 0.6 is 0 Å². The summed E-state index contributed by atoms with van der Waals surface area (Å²) in [5, 5.41) is 3.50. The Labute approximate surface area is 123 Å². The van der Waals surface area contributed by atoms with Crippen molar-refractivity contribution >= 4 is 0 Å². The van der Waals surface area contributed by atoms with Crippen molar-refractivity contribution < 1.29 is 0 Å². The maximum atomic E-state index is 3.50. The number of nitrogens with one attached hydrogen (secondary N) is 1. The highest BCUT2D eigenvalue weighted by molar-refractivity contribution is 5.40. The van der Waals surface area contributed by atoms with Crippen molar-refractivity contribution in [1.82, 2.24) is 5.32 Å². The van der Waals surface area contributed by atoms with E-state index in [-0.39, 0.29) is 0 Å². The second-order valence-electron chi connectivity index (χ2n) is 5.72. The first kappa shape index (κ1) is 14.8. The first-order valence-electron chi connectivity index (χ1n) is 7.33. The molecule has 0 aliphatic heterocycles. The van der Waals surface area contributed by atoms with Gasteiger partial charge in [-0.05, 0) is 74.5 Å². The molecule has 1 heteroatoms. The number of rotatable bonds is 4. The van der Waals surface area contributed by atoms with Crippen molar-refractivity contribution in [3.8, 4) is 0 Å². The van der Waals surface area contributed by atoms with Crippen LogP contribution in [0.2, 0.25) is 0 Å². The van der Waals surface area contributed by atoms with Gasteiger partial charge in [-0.2, -0.15) is 0 Å². The van der Waals surface area contributed by atoms with Gasteiger partial charge in [0.2, 0.25) is 0 Å². The van der Waals surface area contributed by atoms with Crippen LogP contribution in [0.5, 0.6) is 0 Å². The second-order valence-corrected chi connectivity index (χ2v) is 5.72. The van der Waals surface area contributed by atoms with Crippen molar-refractivity contribution in [1.29, 1.82) is 0 Å². The lowest BCUT2D eigenvalue weighted by molar-refractivity contribution is 0.583. The zero-order valence-electron chi connectivity index (χ0n) is 13.2. The zero-order chi connectivity index (χ0) is 14.7. The molecule has 1 N–H and O–H groups in total. The molecule has 0 saturated heterocycles. The van der Waals surface area contributed by atoms with E-state index >= 15 is 0 Å². The molecular formula is C19H25N. The van der Waals surface area contributed by atoms with Crippen LogP contribution in [0.25, 0.3) is 0 Å². The molecule has 2 aromatic carbocycles. The van der Waals surface area contributed by atoms with Crippen molar-refractivity contribution in [2.24, 2.45) is 0 Å². The minimum atomic E-state index is 0.371. The maximum Gasteiger partial charge on any atom is 0.0363 e. The largest absolute Gasteiger partial charge is 0.313 e. The topological polar surface area (TPSA) is 12.0 Å². The fourth-order valence-corrected chi connectivity index (χ4v) is 3.10. The molecule has 0 amide bonds. The van der Waals surface area contributed by atoms with E-state index in [1.807, 2.05) is 0 Å². The summed E-state index contributed by atoms with van der Waals surface area (Å²) < 4.78 is 0. The van der Waals surface area contributed by atoms with Crippen LogP contribution < -0.4 is 5.32 Å². The van der Waals surface area contributed by atoms with Crippen LogP contribution in [0.4, 0.5) is 0 Å². The van der Waals surface area contributed by atoms with Crippen molar-refractivity contribution in [3.63, 3.8) is 0 Å². The molecule has 0 fully saturated rings. The minimum Gasteiger partial charge on any atom is -0.313 e. The Hall–Kier alpha value is -1.60. The summed E-state index contributed by atoms with van der Waals surface area (Å²) in [6.45, 7) is 8.83. The Bertz CT molecular complexity index is 558. The maximum absolute atomic E-state index is 3.50. The lowest BCUT2D eigenvalue weighted by Crippen LogP contribution is -2.21. The van der Waals surface area contributed by atoms with Crippen molar-refractivity contribution in [2.75, 3.05) is 7.05 Å². The van der Waals surface area contributed by atoms with Gasteiger partial charge in [-0.3, -0.25) is 0 Å². The summed E-state index contributed by atoms with van der Waals surface area (Å²) >= 11 is 0. The third kappa shape index (κ3) is 2.94. The molecule has 0 heterocycles. The Morgan fingerprint density at radius 3 is 1.70 bits per heavy atom.